The van der Waals surface area contributed by atoms with Gasteiger partial charge in [0.15, 0.2) is 0 Å². The molecule has 180 valence electrons. The average Bonchev–Trinajstić information content (AvgIpc) is 3.35. The summed E-state index contributed by atoms with van der Waals surface area (Å²) in [5, 5.41) is 15.9. The lowest BCUT2D eigenvalue weighted by molar-refractivity contribution is -0.139. The van der Waals surface area contributed by atoms with Gasteiger partial charge in [0.2, 0.25) is 0 Å². The number of amides is 2. The van der Waals surface area contributed by atoms with Crippen molar-refractivity contribution in [2.45, 2.75) is 18.9 Å². The van der Waals surface area contributed by atoms with Gasteiger partial charge in [-0.1, -0.05) is 48.5 Å². The molecule has 1 aliphatic carbocycles. The average molecular weight is 475 g/mol. The van der Waals surface area contributed by atoms with Crippen molar-refractivity contribution in [3.63, 3.8) is 0 Å². The number of rotatable bonds is 7. The molecule has 0 unspecified atom stereocenters. The van der Waals surface area contributed by atoms with Crippen LogP contribution in [0.5, 0.6) is 0 Å². The molecule has 9 heteroatoms. The normalized spacial score (nSPS) is 14.7. The van der Waals surface area contributed by atoms with Crippen LogP contribution < -0.4 is 5.32 Å². The number of likely N-dealkylation sites (tertiary alicyclic amines) is 1. The third-order valence-corrected chi connectivity index (χ3v) is 6.61. The Hall–Kier alpha value is -4.14. The van der Waals surface area contributed by atoms with E-state index >= 15 is 0 Å². The molecule has 1 aliphatic heterocycles. The molecule has 3 aromatic rings. The van der Waals surface area contributed by atoms with Crippen LogP contribution in [0.4, 0.5) is 4.79 Å². The van der Waals surface area contributed by atoms with Crippen LogP contribution in [-0.2, 0) is 23.1 Å². The molecule has 2 aromatic carbocycles. The highest BCUT2D eigenvalue weighted by Crippen LogP contribution is 2.44. The molecule has 0 atom stereocenters. The van der Waals surface area contributed by atoms with Gasteiger partial charge in [-0.3, -0.25) is 14.3 Å². The molecule has 2 aliphatic rings. The van der Waals surface area contributed by atoms with Crippen molar-refractivity contribution in [2.75, 3.05) is 19.7 Å². The quantitative estimate of drug-likeness (QED) is 0.544. The number of carboxylic acid groups (broad SMARTS) is 1. The van der Waals surface area contributed by atoms with Gasteiger partial charge in [-0.15, -0.1) is 0 Å². The molecule has 2 heterocycles. The van der Waals surface area contributed by atoms with Gasteiger partial charge in [0.05, 0.1) is 18.7 Å². The largest absolute Gasteiger partial charge is 0.481 e. The summed E-state index contributed by atoms with van der Waals surface area (Å²) in [7, 11) is 1.67. The minimum absolute atomic E-state index is 0.0145. The summed E-state index contributed by atoms with van der Waals surface area (Å²) in [6.07, 6.45) is -0.491. The summed E-state index contributed by atoms with van der Waals surface area (Å²) in [4.78, 5) is 37.5. The summed E-state index contributed by atoms with van der Waals surface area (Å²) in [6.45, 7) is 1.19. The minimum Gasteiger partial charge on any atom is -0.481 e. The second kappa shape index (κ2) is 9.25. The van der Waals surface area contributed by atoms with Crippen molar-refractivity contribution in [1.29, 1.82) is 0 Å². The van der Waals surface area contributed by atoms with Crippen molar-refractivity contribution in [3.8, 4) is 11.1 Å². The number of carbonyl (C=O) groups is 3. The van der Waals surface area contributed by atoms with E-state index in [2.05, 4.69) is 34.7 Å². The van der Waals surface area contributed by atoms with E-state index < -0.39 is 12.1 Å². The van der Waals surface area contributed by atoms with Crippen molar-refractivity contribution in [1.82, 2.24) is 20.0 Å². The van der Waals surface area contributed by atoms with Crippen molar-refractivity contribution in [3.05, 3.63) is 77.1 Å². The molecule has 1 fully saturated rings. The van der Waals surface area contributed by atoms with E-state index in [9.17, 15) is 14.4 Å². The molecular weight excluding hydrogens is 448 g/mol. The molecule has 5 rings (SSSR count). The van der Waals surface area contributed by atoms with Crippen LogP contribution in [-0.4, -0.2) is 57.5 Å². The third kappa shape index (κ3) is 4.49. The van der Waals surface area contributed by atoms with Crippen LogP contribution in [0.15, 0.2) is 54.6 Å². The van der Waals surface area contributed by atoms with Gasteiger partial charge in [0, 0.05) is 32.0 Å². The molecule has 0 saturated carbocycles. The highest BCUT2D eigenvalue weighted by atomic mass is 16.5. The topological polar surface area (TPSA) is 114 Å². The fourth-order valence-corrected chi connectivity index (χ4v) is 4.90. The maximum absolute atomic E-state index is 12.7. The molecule has 1 saturated heterocycles. The van der Waals surface area contributed by atoms with E-state index in [0.29, 0.717) is 24.5 Å². The standard InChI is InChI=1S/C26H26N4O5/c1-29-23(25(33)30-13-16(14-30)10-24(31)32)11-17(28-29)12-27-26(34)35-15-22-20-8-4-2-6-18(20)19-7-3-5-9-21(19)22/h2-9,11,16,22H,10,12-15H2,1H3,(H,27,34)(H,31,32). The Balaban J connectivity index is 1.15. The first-order valence-corrected chi connectivity index (χ1v) is 11.5. The Kier molecular flexibility index (Phi) is 5.98. The predicted molar refractivity (Wildman–Crippen MR) is 127 cm³/mol. The summed E-state index contributed by atoms with van der Waals surface area (Å²) in [5.41, 5.74) is 5.55. The second-order valence-corrected chi connectivity index (χ2v) is 9.00. The number of fused-ring (bicyclic) bond motifs is 3. The van der Waals surface area contributed by atoms with Crippen LogP contribution in [0, 0.1) is 5.92 Å². The first kappa shape index (κ1) is 22.6. The summed E-state index contributed by atoms with van der Waals surface area (Å²) in [6, 6.07) is 17.9. The van der Waals surface area contributed by atoms with E-state index in [-0.39, 0.29) is 37.3 Å². The van der Waals surface area contributed by atoms with E-state index in [1.54, 1.807) is 18.0 Å². The van der Waals surface area contributed by atoms with Crippen LogP contribution in [0.3, 0.4) is 0 Å². The molecule has 2 amide bonds. The van der Waals surface area contributed by atoms with E-state index in [1.165, 1.54) is 15.8 Å². The maximum atomic E-state index is 12.7. The van der Waals surface area contributed by atoms with Crippen LogP contribution in [0.2, 0.25) is 0 Å². The number of hydrogen-bond donors (Lipinski definition) is 2. The lowest BCUT2D eigenvalue weighted by Crippen LogP contribution is -2.51. The van der Waals surface area contributed by atoms with Crippen LogP contribution in [0.25, 0.3) is 11.1 Å². The van der Waals surface area contributed by atoms with Gasteiger partial charge in [0.25, 0.3) is 5.91 Å². The Morgan fingerprint density at radius 1 is 1.06 bits per heavy atom. The van der Waals surface area contributed by atoms with Gasteiger partial charge in [-0.25, -0.2) is 4.79 Å². The molecule has 0 radical (unpaired) electrons. The second-order valence-electron chi connectivity index (χ2n) is 9.00. The van der Waals surface area contributed by atoms with Crippen LogP contribution >= 0.6 is 0 Å². The fourth-order valence-electron chi connectivity index (χ4n) is 4.90. The lowest BCUT2D eigenvalue weighted by Gasteiger charge is -2.38. The number of carboxylic acids is 1. The number of benzene rings is 2. The number of nitrogens with one attached hydrogen (secondary N) is 1. The van der Waals surface area contributed by atoms with Crippen LogP contribution in [0.1, 0.15) is 39.6 Å². The zero-order valence-corrected chi connectivity index (χ0v) is 19.3. The number of ether oxygens (including phenoxy) is 1. The molecule has 1 aromatic heterocycles. The maximum Gasteiger partial charge on any atom is 0.407 e. The number of hydrogen-bond acceptors (Lipinski definition) is 5. The molecule has 2 N–H and O–H groups in total. The Morgan fingerprint density at radius 3 is 2.31 bits per heavy atom. The highest BCUT2D eigenvalue weighted by Gasteiger charge is 2.34. The highest BCUT2D eigenvalue weighted by molar-refractivity contribution is 5.93. The lowest BCUT2D eigenvalue weighted by atomic mass is 9.96. The number of aryl methyl sites for hydroxylation is 1. The van der Waals surface area contributed by atoms with Crippen molar-refractivity contribution < 1.29 is 24.2 Å². The first-order chi connectivity index (χ1) is 16.9. The van der Waals surface area contributed by atoms with Gasteiger partial charge >= 0.3 is 12.1 Å². The Labute approximate surface area is 202 Å². The summed E-state index contributed by atoms with van der Waals surface area (Å²) < 4.78 is 7.02. The third-order valence-electron chi connectivity index (χ3n) is 6.61. The van der Waals surface area contributed by atoms with Gasteiger partial charge < -0.3 is 20.1 Å². The van der Waals surface area contributed by atoms with E-state index in [4.69, 9.17) is 9.84 Å². The van der Waals surface area contributed by atoms with E-state index in [1.807, 2.05) is 24.3 Å². The fraction of sp³-hybridized carbons (Fsp3) is 0.308. The molecule has 9 nitrogen and oxygen atoms in total. The number of alkyl carbamates (subject to hydrolysis) is 1. The van der Waals surface area contributed by atoms with E-state index in [0.717, 1.165) is 11.1 Å². The van der Waals surface area contributed by atoms with Crippen molar-refractivity contribution in [2.24, 2.45) is 13.0 Å². The smallest absolute Gasteiger partial charge is 0.407 e. The number of aliphatic carboxylic acids is 1. The van der Waals surface area contributed by atoms with Gasteiger partial charge in [0.1, 0.15) is 12.3 Å². The summed E-state index contributed by atoms with van der Waals surface area (Å²) >= 11 is 0. The van der Waals surface area contributed by atoms with Gasteiger partial charge in [-0.2, -0.15) is 5.10 Å². The summed E-state index contributed by atoms with van der Waals surface area (Å²) in [5.74, 6) is -1.09. The van der Waals surface area contributed by atoms with Gasteiger partial charge in [-0.05, 0) is 28.3 Å². The number of aromatic nitrogens is 2. The predicted octanol–water partition coefficient (Wildman–Crippen LogP) is 3.01. The zero-order chi connectivity index (χ0) is 24.5. The molecule has 0 spiro atoms. The molecular formula is C26H26N4O5. The Bertz CT molecular complexity index is 1250. The SMILES string of the molecule is Cn1nc(CNC(=O)OCC2c3ccccc3-c3ccccc32)cc1C(=O)N1CC(CC(=O)O)C1. The van der Waals surface area contributed by atoms with Crippen molar-refractivity contribution >= 4 is 18.0 Å². The zero-order valence-electron chi connectivity index (χ0n) is 19.3. The minimum atomic E-state index is -0.857. The first-order valence-electron chi connectivity index (χ1n) is 11.5. The molecule has 35 heavy (non-hydrogen) atoms. The molecule has 0 bridgehead atoms. The monoisotopic (exact) mass is 474 g/mol. The number of carbonyl (C=O) groups excluding carboxylic acids is 2. The Morgan fingerprint density at radius 2 is 1.69 bits per heavy atom. The number of nitrogens with zero attached hydrogens (tertiary/aromatic N) is 3.